The van der Waals surface area contributed by atoms with Crippen LogP contribution in [0, 0.1) is 6.92 Å². The number of hydrogen-bond acceptors (Lipinski definition) is 3. The van der Waals surface area contributed by atoms with E-state index in [0.29, 0.717) is 5.75 Å². The number of aromatic nitrogens is 1. The largest absolute Gasteiger partial charge is 0.411 e. The molecule has 0 fully saturated rings. The van der Waals surface area contributed by atoms with E-state index in [4.69, 9.17) is 5.90 Å². The van der Waals surface area contributed by atoms with Crippen molar-refractivity contribution >= 4 is 0 Å². The number of nitrogens with zero attached hydrogens (tertiary/aromatic N) is 1. The molecule has 0 atom stereocenters. The molecule has 0 spiro atoms. The number of aryl methyl sites for hydroxylation is 1. The molecule has 0 aliphatic rings. The molecular weight excluding hydrogens is 164 g/mol. The second-order valence-electron chi connectivity index (χ2n) is 1.76. The van der Waals surface area contributed by atoms with Crippen LogP contribution < -0.4 is 10.7 Å². The summed E-state index contributed by atoms with van der Waals surface area (Å²) in [5.41, 5.74) is 0.944. The van der Waals surface area contributed by atoms with E-state index in [1.807, 2.05) is 34.6 Å². The molecule has 0 saturated heterocycles. The Bertz CT molecular complexity index is 202. The van der Waals surface area contributed by atoms with Crippen LogP contribution >= 0.6 is 0 Å². The molecule has 76 valence electrons. The van der Waals surface area contributed by atoms with Gasteiger partial charge in [0.15, 0.2) is 5.75 Å². The summed E-state index contributed by atoms with van der Waals surface area (Å²) >= 11 is 0. The van der Waals surface area contributed by atoms with Crippen molar-refractivity contribution < 1.29 is 4.84 Å². The lowest BCUT2D eigenvalue weighted by atomic mass is 10.3. The summed E-state index contributed by atoms with van der Waals surface area (Å²) in [4.78, 5) is 8.36. The van der Waals surface area contributed by atoms with Gasteiger partial charge >= 0.3 is 0 Å². The van der Waals surface area contributed by atoms with Gasteiger partial charge in [-0.25, -0.2) is 0 Å². The second-order valence-corrected chi connectivity index (χ2v) is 1.76. The predicted octanol–water partition coefficient (Wildman–Crippen LogP) is 2.69. The zero-order chi connectivity index (χ0) is 10.7. The summed E-state index contributed by atoms with van der Waals surface area (Å²) in [5.74, 6) is 5.59. The number of nitrogens with two attached hydrogens (primary N) is 1. The molecule has 0 unspecified atom stereocenters. The van der Waals surface area contributed by atoms with Gasteiger partial charge in [0.05, 0.1) is 0 Å². The van der Waals surface area contributed by atoms with E-state index in [9.17, 15) is 0 Å². The van der Waals surface area contributed by atoms with Gasteiger partial charge in [0.25, 0.3) is 0 Å². The molecule has 3 heteroatoms. The molecule has 0 aliphatic heterocycles. The van der Waals surface area contributed by atoms with Crippen molar-refractivity contribution in [3.63, 3.8) is 0 Å². The number of rotatable bonds is 1. The Morgan fingerprint density at radius 1 is 1.23 bits per heavy atom. The van der Waals surface area contributed by atoms with Crippen molar-refractivity contribution in [1.29, 1.82) is 0 Å². The Hall–Kier alpha value is -1.09. The van der Waals surface area contributed by atoms with E-state index < -0.39 is 0 Å². The fourth-order valence-electron chi connectivity index (χ4n) is 0.593. The molecule has 0 radical (unpaired) electrons. The highest BCUT2D eigenvalue weighted by Gasteiger charge is 1.93. The highest BCUT2D eigenvalue weighted by Crippen LogP contribution is 2.11. The van der Waals surface area contributed by atoms with Crippen LogP contribution in [0.2, 0.25) is 0 Å². The van der Waals surface area contributed by atoms with E-state index >= 15 is 0 Å². The van der Waals surface area contributed by atoms with Gasteiger partial charge in [-0.2, -0.15) is 5.90 Å². The quantitative estimate of drug-likeness (QED) is 0.683. The fourth-order valence-corrected chi connectivity index (χ4v) is 0.593. The molecule has 0 aromatic carbocycles. The molecule has 1 rings (SSSR count). The first-order valence-corrected chi connectivity index (χ1v) is 4.62. The number of pyridine rings is 1. The van der Waals surface area contributed by atoms with Crippen molar-refractivity contribution in [2.24, 2.45) is 5.90 Å². The maximum Gasteiger partial charge on any atom is 0.152 e. The monoisotopic (exact) mass is 184 g/mol. The van der Waals surface area contributed by atoms with Crippen LogP contribution in [-0.2, 0) is 0 Å². The Balaban J connectivity index is 0. The van der Waals surface area contributed by atoms with Crippen LogP contribution in [-0.4, -0.2) is 4.98 Å². The van der Waals surface area contributed by atoms with E-state index in [0.717, 1.165) is 5.56 Å². The standard InChI is InChI=1S/C6H8N2O.2C2H6/c1-5-4-8-3-2-6(5)9-7;2*1-2/h2-4H,7H2,1H3;2*1-2H3. The summed E-state index contributed by atoms with van der Waals surface area (Å²) in [6.07, 6.45) is 3.33. The minimum atomic E-state index is 0.671. The summed E-state index contributed by atoms with van der Waals surface area (Å²) in [6, 6.07) is 1.72. The lowest BCUT2D eigenvalue weighted by Crippen LogP contribution is -2.02. The Morgan fingerprint density at radius 2 is 1.77 bits per heavy atom. The molecule has 0 amide bonds. The van der Waals surface area contributed by atoms with Gasteiger partial charge in [0.1, 0.15) is 0 Å². The van der Waals surface area contributed by atoms with Crippen LogP contribution in [0.5, 0.6) is 5.75 Å². The maximum atomic E-state index is 4.92. The van der Waals surface area contributed by atoms with Gasteiger partial charge in [-0.1, -0.05) is 27.7 Å². The topological polar surface area (TPSA) is 48.1 Å². The van der Waals surface area contributed by atoms with E-state index in [2.05, 4.69) is 9.82 Å². The van der Waals surface area contributed by atoms with Crippen molar-refractivity contribution in [3.8, 4) is 5.75 Å². The zero-order valence-corrected chi connectivity index (χ0v) is 9.16. The van der Waals surface area contributed by atoms with Crippen molar-refractivity contribution in [1.82, 2.24) is 4.98 Å². The van der Waals surface area contributed by atoms with Gasteiger partial charge < -0.3 is 4.84 Å². The highest BCUT2D eigenvalue weighted by atomic mass is 16.6. The predicted molar refractivity (Wildman–Crippen MR) is 56.5 cm³/mol. The average molecular weight is 184 g/mol. The van der Waals surface area contributed by atoms with E-state index in [-0.39, 0.29) is 0 Å². The van der Waals surface area contributed by atoms with E-state index in [1.54, 1.807) is 18.5 Å². The van der Waals surface area contributed by atoms with Crippen molar-refractivity contribution in [3.05, 3.63) is 24.0 Å². The molecule has 1 aromatic heterocycles. The van der Waals surface area contributed by atoms with Crippen LogP contribution in [0.15, 0.2) is 18.5 Å². The van der Waals surface area contributed by atoms with Gasteiger partial charge in [-0.05, 0) is 6.92 Å². The Morgan fingerprint density at radius 3 is 2.08 bits per heavy atom. The average Bonchev–Trinajstić information content (AvgIpc) is 2.24. The van der Waals surface area contributed by atoms with Crippen LogP contribution in [0.4, 0.5) is 0 Å². The van der Waals surface area contributed by atoms with Gasteiger partial charge in [0.2, 0.25) is 0 Å². The smallest absolute Gasteiger partial charge is 0.152 e. The normalized spacial score (nSPS) is 7.23. The summed E-state index contributed by atoms with van der Waals surface area (Å²) in [5, 5.41) is 0. The maximum absolute atomic E-state index is 4.92. The first kappa shape index (κ1) is 14.4. The minimum absolute atomic E-state index is 0.671. The molecule has 1 aromatic rings. The second kappa shape index (κ2) is 10.9. The third kappa shape index (κ3) is 6.11. The third-order valence-electron chi connectivity index (χ3n) is 1.10. The molecule has 3 nitrogen and oxygen atoms in total. The third-order valence-corrected chi connectivity index (χ3v) is 1.10. The molecule has 0 aliphatic carbocycles. The van der Waals surface area contributed by atoms with Gasteiger partial charge in [0, 0.05) is 24.0 Å². The lowest BCUT2D eigenvalue weighted by molar-refractivity contribution is 0.331. The Kier molecular flexibility index (Phi) is 12.1. The number of hydrogen-bond donors (Lipinski definition) is 1. The van der Waals surface area contributed by atoms with Gasteiger partial charge in [-0.3, -0.25) is 4.98 Å². The van der Waals surface area contributed by atoms with Crippen LogP contribution in [0.25, 0.3) is 0 Å². The molecule has 0 saturated carbocycles. The van der Waals surface area contributed by atoms with Gasteiger partial charge in [-0.15, -0.1) is 0 Å². The van der Waals surface area contributed by atoms with Crippen LogP contribution in [0.1, 0.15) is 33.3 Å². The SMILES string of the molecule is CC.CC.Cc1cnccc1ON. The van der Waals surface area contributed by atoms with Crippen molar-refractivity contribution in [2.75, 3.05) is 0 Å². The molecule has 2 N–H and O–H groups in total. The Labute approximate surface area is 80.9 Å². The van der Waals surface area contributed by atoms with Crippen molar-refractivity contribution in [2.45, 2.75) is 34.6 Å². The molecule has 1 heterocycles. The zero-order valence-electron chi connectivity index (χ0n) is 9.16. The van der Waals surface area contributed by atoms with E-state index in [1.165, 1.54) is 0 Å². The molecule has 0 bridgehead atoms. The first-order chi connectivity index (χ1) is 6.34. The first-order valence-electron chi connectivity index (χ1n) is 4.62. The highest BCUT2D eigenvalue weighted by molar-refractivity contribution is 5.27. The summed E-state index contributed by atoms with van der Waals surface area (Å²) in [6.45, 7) is 9.88. The molecular formula is C10H20N2O. The fraction of sp³-hybridized carbons (Fsp3) is 0.500. The minimum Gasteiger partial charge on any atom is -0.411 e. The summed E-state index contributed by atoms with van der Waals surface area (Å²) in [7, 11) is 0. The molecule has 13 heavy (non-hydrogen) atoms. The van der Waals surface area contributed by atoms with Crippen LogP contribution in [0.3, 0.4) is 0 Å². The summed E-state index contributed by atoms with van der Waals surface area (Å²) < 4.78 is 0. The lowest BCUT2D eigenvalue weighted by Gasteiger charge is -1.98.